The summed E-state index contributed by atoms with van der Waals surface area (Å²) in [7, 11) is 0. The van der Waals surface area contributed by atoms with Crippen molar-refractivity contribution in [3.63, 3.8) is 0 Å². The van der Waals surface area contributed by atoms with E-state index < -0.39 is 12.0 Å². The average molecular weight is 482 g/mol. The van der Waals surface area contributed by atoms with E-state index in [0.29, 0.717) is 46.2 Å². The molecular formula is C30H47N3O2. The number of rotatable bonds is 6. The summed E-state index contributed by atoms with van der Waals surface area (Å²) in [6.07, 6.45) is 14.0. The second-order valence-electron chi connectivity index (χ2n) is 13.2. The molecular weight excluding hydrogens is 434 g/mol. The van der Waals surface area contributed by atoms with Gasteiger partial charge in [0.2, 0.25) is 0 Å². The number of carbonyl (C=O) groups is 1. The molecule has 0 spiro atoms. The topological polar surface area (TPSA) is 104 Å². The molecule has 1 aromatic rings. The van der Waals surface area contributed by atoms with Crippen molar-refractivity contribution in [1.29, 1.82) is 0 Å². The number of primary amides is 1. The number of nitrogens with two attached hydrogens (primary N) is 3. The van der Waals surface area contributed by atoms with Crippen molar-refractivity contribution < 1.29 is 9.53 Å². The van der Waals surface area contributed by atoms with Gasteiger partial charge in [-0.2, -0.15) is 0 Å². The third kappa shape index (κ3) is 4.21. The van der Waals surface area contributed by atoms with Crippen molar-refractivity contribution in [3.05, 3.63) is 18.2 Å². The fourth-order valence-electron chi connectivity index (χ4n) is 9.82. The Balaban J connectivity index is 1.30. The fraction of sp³-hybridized carbons (Fsp3) is 0.767. The molecule has 194 valence electrons. The number of amides is 1. The lowest BCUT2D eigenvalue weighted by atomic mass is 9.44. The van der Waals surface area contributed by atoms with Crippen molar-refractivity contribution in [2.45, 2.75) is 97.5 Å². The monoisotopic (exact) mass is 481 g/mol. The first-order chi connectivity index (χ1) is 16.6. The normalized spacial score (nSPS) is 40.1. The van der Waals surface area contributed by atoms with Crippen molar-refractivity contribution >= 4 is 17.3 Å². The van der Waals surface area contributed by atoms with Crippen molar-refractivity contribution in [2.24, 2.45) is 52.1 Å². The molecule has 1 amide bonds. The standard InChI is InChI=1S/C30H47N3O2/c1-18(16-27(28(33)34)35-26-12-8-20(31)17-25(26)32)22-10-11-23-21-9-7-19-6-4-5-14-29(19,2)24(21)13-15-30(22,23)3/h8,12,17-19,21-24,27H,4-7,9-11,13-16,31-32H2,1-3H3,(H2,33,34)/t18-,19?,21+,22-,23+,24+,27?,29+,30-/m1/s1. The highest BCUT2D eigenvalue weighted by Gasteiger charge is 2.60. The summed E-state index contributed by atoms with van der Waals surface area (Å²) in [5, 5.41) is 0. The second kappa shape index (κ2) is 9.19. The third-order valence-electron chi connectivity index (χ3n) is 11.5. The van der Waals surface area contributed by atoms with E-state index in [0.717, 1.165) is 23.7 Å². The van der Waals surface area contributed by atoms with E-state index in [-0.39, 0.29) is 0 Å². The van der Waals surface area contributed by atoms with E-state index in [1.807, 2.05) is 0 Å². The van der Waals surface area contributed by atoms with Crippen LogP contribution in [0.15, 0.2) is 18.2 Å². The van der Waals surface area contributed by atoms with Gasteiger partial charge in [-0.1, -0.05) is 33.6 Å². The zero-order valence-electron chi connectivity index (χ0n) is 22.1. The van der Waals surface area contributed by atoms with Crippen LogP contribution in [-0.4, -0.2) is 12.0 Å². The Morgan fingerprint density at radius 1 is 1.00 bits per heavy atom. The van der Waals surface area contributed by atoms with E-state index in [9.17, 15) is 4.79 Å². The van der Waals surface area contributed by atoms with Crippen LogP contribution in [0.2, 0.25) is 0 Å². The molecule has 0 aliphatic heterocycles. The van der Waals surface area contributed by atoms with Crippen LogP contribution in [0.1, 0.15) is 91.4 Å². The lowest BCUT2D eigenvalue weighted by molar-refractivity contribution is -0.127. The number of nitrogen functional groups attached to an aromatic ring is 2. The van der Waals surface area contributed by atoms with E-state index in [1.165, 1.54) is 64.2 Å². The summed E-state index contributed by atoms with van der Waals surface area (Å²) in [5.74, 6) is 4.66. The first-order valence-electron chi connectivity index (χ1n) is 14.2. The Bertz CT molecular complexity index is 950. The molecule has 6 N–H and O–H groups in total. The van der Waals surface area contributed by atoms with Crippen molar-refractivity contribution in [2.75, 3.05) is 11.5 Å². The molecule has 4 fully saturated rings. The number of carbonyl (C=O) groups excluding carboxylic acids is 1. The molecule has 0 heterocycles. The third-order valence-corrected chi connectivity index (χ3v) is 11.5. The van der Waals surface area contributed by atoms with Crippen LogP contribution in [0.3, 0.4) is 0 Å². The van der Waals surface area contributed by atoms with E-state index in [1.54, 1.807) is 18.2 Å². The highest BCUT2D eigenvalue weighted by molar-refractivity contribution is 5.79. The lowest BCUT2D eigenvalue weighted by Gasteiger charge is -2.61. The highest BCUT2D eigenvalue weighted by atomic mass is 16.5. The Labute approximate surface area is 211 Å². The van der Waals surface area contributed by atoms with Crippen LogP contribution in [0, 0.1) is 46.3 Å². The molecule has 0 radical (unpaired) electrons. The number of anilines is 2. The predicted octanol–water partition coefficient (Wildman–Crippen LogP) is 6.16. The average Bonchev–Trinajstić information content (AvgIpc) is 3.17. The van der Waals surface area contributed by atoms with Crippen LogP contribution < -0.4 is 21.9 Å². The number of hydrogen-bond donors (Lipinski definition) is 3. The number of ether oxygens (including phenoxy) is 1. The van der Waals surface area contributed by atoms with Gasteiger partial charge in [-0.25, -0.2) is 0 Å². The maximum Gasteiger partial charge on any atom is 0.258 e. The summed E-state index contributed by atoms with van der Waals surface area (Å²) in [6.45, 7) is 7.55. The van der Waals surface area contributed by atoms with Gasteiger partial charge in [0, 0.05) is 5.69 Å². The van der Waals surface area contributed by atoms with E-state index >= 15 is 0 Å². The largest absolute Gasteiger partial charge is 0.478 e. The SMILES string of the molecule is C[C@H](CC(Oc1ccc(N)cc1N)C(N)=O)[C@H]1CC[C@H]2[C@@H]3CCC4CCCC[C@]4(C)[C@H]3CC[C@]12C. The Kier molecular flexibility index (Phi) is 6.51. The molecule has 4 aliphatic rings. The zero-order valence-corrected chi connectivity index (χ0v) is 22.1. The molecule has 5 rings (SSSR count). The summed E-state index contributed by atoms with van der Waals surface area (Å²) in [4.78, 5) is 12.4. The minimum Gasteiger partial charge on any atom is -0.478 e. The quantitative estimate of drug-likeness (QED) is 0.423. The molecule has 0 aromatic heterocycles. The minimum atomic E-state index is -0.675. The van der Waals surface area contributed by atoms with Gasteiger partial charge in [0.25, 0.3) is 5.91 Å². The van der Waals surface area contributed by atoms with E-state index in [2.05, 4.69) is 20.8 Å². The molecule has 4 saturated carbocycles. The van der Waals surface area contributed by atoms with Gasteiger partial charge in [-0.15, -0.1) is 0 Å². The maximum absolute atomic E-state index is 12.4. The van der Waals surface area contributed by atoms with Crippen molar-refractivity contribution in [3.8, 4) is 5.75 Å². The molecule has 0 bridgehead atoms. The van der Waals surface area contributed by atoms with Gasteiger partial charge >= 0.3 is 0 Å². The maximum atomic E-state index is 12.4. The molecule has 0 saturated heterocycles. The first-order valence-corrected chi connectivity index (χ1v) is 14.2. The summed E-state index contributed by atoms with van der Waals surface area (Å²) >= 11 is 0. The van der Waals surface area contributed by atoms with E-state index in [4.69, 9.17) is 21.9 Å². The molecule has 1 aromatic carbocycles. The Morgan fingerprint density at radius 3 is 2.51 bits per heavy atom. The van der Waals surface area contributed by atoms with Crippen LogP contribution >= 0.6 is 0 Å². The van der Waals surface area contributed by atoms with Crippen molar-refractivity contribution in [1.82, 2.24) is 0 Å². The smallest absolute Gasteiger partial charge is 0.258 e. The molecule has 4 aliphatic carbocycles. The zero-order chi connectivity index (χ0) is 25.0. The molecule has 9 atom stereocenters. The minimum absolute atomic E-state index is 0.362. The number of fused-ring (bicyclic) bond motifs is 5. The number of hydrogen-bond acceptors (Lipinski definition) is 4. The van der Waals surface area contributed by atoms with Crippen LogP contribution in [0.25, 0.3) is 0 Å². The summed E-state index contributed by atoms with van der Waals surface area (Å²) in [6, 6.07) is 5.15. The van der Waals surface area contributed by atoms with Crippen LogP contribution in [0.5, 0.6) is 5.75 Å². The molecule has 5 nitrogen and oxygen atoms in total. The fourth-order valence-corrected chi connectivity index (χ4v) is 9.82. The van der Waals surface area contributed by atoms with Gasteiger partial charge in [0.1, 0.15) is 5.75 Å². The number of benzene rings is 1. The Morgan fingerprint density at radius 2 is 1.77 bits per heavy atom. The van der Waals surface area contributed by atoms with Gasteiger partial charge in [0.15, 0.2) is 6.10 Å². The Hall–Kier alpha value is -1.91. The molecule has 35 heavy (non-hydrogen) atoms. The van der Waals surface area contributed by atoms with Crippen LogP contribution in [0.4, 0.5) is 11.4 Å². The first kappa shape index (κ1) is 24.8. The van der Waals surface area contributed by atoms with Gasteiger partial charge in [-0.05, 0) is 122 Å². The summed E-state index contributed by atoms with van der Waals surface area (Å²) in [5.41, 5.74) is 19.7. The van der Waals surface area contributed by atoms with Gasteiger partial charge in [0.05, 0.1) is 5.69 Å². The molecule has 2 unspecified atom stereocenters. The summed E-state index contributed by atoms with van der Waals surface area (Å²) < 4.78 is 6.06. The van der Waals surface area contributed by atoms with Crippen LogP contribution in [-0.2, 0) is 4.79 Å². The molecule has 5 heteroatoms. The second-order valence-corrected chi connectivity index (χ2v) is 13.2. The predicted molar refractivity (Wildman–Crippen MR) is 142 cm³/mol. The van der Waals surface area contributed by atoms with Gasteiger partial charge < -0.3 is 21.9 Å². The lowest BCUT2D eigenvalue weighted by Crippen LogP contribution is -2.53. The van der Waals surface area contributed by atoms with Gasteiger partial charge in [-0.3, -0.25) is 4.79 Å². The highest BCUT2D eigenvalue weighted by Crippen LogP contribution is 2.68.